The molecule has 4 rings (SSSR count). The quantitative estimate of drug-likeness (QED) is 0.376. The molecule has 31 heavy (non-hydrogen) atoms. The Morgan fingerprint density at radius 1 is 0.871 bits per heavy atom. The molecule has 0 aliphatic heterocycles. The number of hydrogen-bond acceptors (Lipinski definition) is 3. The van der Waals surface area contributed by atoms with E-state index in [0.717, 1.165) is 12.8 Å². The normalized spacial score (nSPS) is 47.9. The van der Waals surface area contributed by atoms with Gasteiger partial charge in [0.05, 0.1) is 18.3 Å². The molecule has 0 bridgehead atoms. The maximum absolute atomic E-state index is 10.7. The molecule has 0 heterocycles. The van der Waals surface area contributed by atoms with E-state index in [1.54, 1.807) is 0 Å². The van der Waals surface area contributed by atoms with Crippen LogP contribution in [0.25, 0.3) is 0 Å². The lowest BCUT2D eigenvalue weighted by molar-refractivity contribution is -0.103. The molecule has 5 heteroatoms. The Morgan fingerprint density at radius 3 is 2.13 bits per heavy atom. The summed E-state index contributed by atoms with van der Waals surface area (Å²) in [7, 11) is -3.26. The van der Waals surface area contributed by atoms with Crippen molar-refractivity contribution in [3.05, 3.63) is 11.6 Å². The summed E-state index contributed by atoms with van der Waals surface area (Å²) in [6, 6.07) is 0. The van der Waals surface area contributed by atoms with Crippen molar-refractivity contribution in [3.8, 4) is 0 Å². The highest BCUT2D eigenvalue weighted by Crippen LogP contribution is 2.66. The third-order valence-corrected chi connectivity index (χ3v) is 11.4. The molecular formula is C26H48O3Si2. The van der Waals surface area contributed by atoms with Gasteiger partial charge < -0.3 is 14.0 Å². The lowest BCUT2D eigenvalue weighted by Crippen LogP contribution is -2.58. The van der Waals surface area contributed by atoms with Crippen molar-refractivity contribution in [2.24, 2.45) is 34.5 Å². The molecule has 0 radical (unpaired) electrons. The first-order valence-electron chi connectivity index (χ1n) is 12.9. The van der Waals surface area contributed by atoms with Crippen molar-refractivity contribution in [1.29, 1.82) is 0 Å². The highest BCUT2D eigenvalue weighted by molar-refractivity contribution is 6.70. The summed E-state index contributed by atoms with van der Waals surface area (Å²) < 4.78 is 13.8. The monoisotopic (exact) mass is 464 g/mol. The standard InChI is InChI=1S/C26H48O3Si2/c1-17-20-16-22(28-30(4,5)6)24-18-10-11-23(29-31(7,8)9)26(18,3)14-12-19(24)25(20,2)15-13-21(17)27/h16-19,21-24,27H,10-15H2,1-9H3/t17-,18-,19-,21-,22-,23-,24-,25+,26-/m0/s1. The second-order valence-corrected chi connectivity index (χ2v) is 22.7. The Hall–Kier alpha value is 0.0538. The summed E-state index contributed by atoms with van der Waals surface area (Å²) in [6.45, 7) is 21.4. The summed E-state index contributed by atoms with van der Waals surface area (Å²) in [5, 5.41) is 10.7. The van der Waals surface area contributed by atoms with Crippen LogP contribution < -0.4 is 0 Å². The highest BCUT2D eigenvalue weighted by atomic mass is 28.4. The molecule has 3 fully saturated rings. The fraction of sp³-hybridized carbons (Fsp3) is 0.923. The van der Waals surface area contributed by atoms with Crippen LogP contribution in [-0.2, 0) is 8.85 Å². The second kappa shape index (κ2) is 7.79. The molecule has 4 aliphatic carbocycles. The minimum Gasteiger partial charge on any atom is -0.414 e. The van der Waals surface area contributed by atoms with Crippen molar-refractivity contribution >= 4 is 16.6 Å². The number of aliphatic hydroxyl groups excluding tert-OH is 1. The summed E-state index contributed by atoms with van der Waals surface area (Å²) >= 11 is 0. The van der Waals surface area contributed by atoms with Gasteiger partial charge in [0.15, 0.2) is 16.6 Å². The molecule has 4 aliphatic rings. The topological polar surface area (TPSA) is 38.7 Å². The minimum atomic E-state index is -1.70. The number of aliphatic hydroxyl groups is 1. The van der Waals surface area contributed by atoms with Gasteiger partial charge in [-0.1, -0.05) is 32.4 Å². The van der Waals surface area contributed by atoms with Crippen LogP contribution in [-0.4, -0.2) is 40.1 Å². The third-order valence-electron chi connectivity index (χ3n) is 9.46. The predicted octanol–water partition coefficient (Wildman–Crippen LogP) is 6.61. The van der Waals surface area contributed by atoms with Gasteiger partial charge in [0.2, 0.25) is 0 Å². The average molecular weight is 465 g/mol. The lowest BCUT2D eigenvalue weighted by atomic mass is 9.46. The van der Waals surface area contributed by atoms with Gasteiger partial charge >= 0.3 is 0 Å². The first kappa shape index (κ1) is 24.2. The summed E-state index contributed by atoms with van der Waals surface area (Å²) in [4.78, 5) is 0. The largest absolute Gasteiger partial charge is 0.414 e. The molecule has 3 nitrogen and oxygen atoms in total. The highest BCUT2D eigenvalue weighted by Gasteiger charge is 2.62. The molecular weight excluding hydrogens is 416 g/mol. The average Bonchev–Trinajstić information content (AvgIpc) is 2.94. The van der Waals surface area contributed by atoms with E-state index in [2.05, 4.69) is 66.1 Å². The third kappa shape index (κ3) is 4.20. The fourth-order valence-corrected chi connectivity index (χ4v) is 10.4. The zero-order valence-corrected chi connectivity index (χ0v) is 23.6. The number of hydrogen-bond donors (Lipinski definition) is 1. The van der Waals surface area contributed by atoms with Crippen LogP contribution in [0.3, 0.4) is 0 Å². The maximum atomic E-state index is 10.7. The van der Waals surface area contributed by atoms with Gasteiger partial charge in [-0.3, -0.25) is 0 Å². The van der Waals surface area contributed by atoms with E-state index in [1.165, 1.54) is 31.3 Å². The zero-order valence-electron chi connectivity index (χ0n) is 21.6. The van der Waals surface area contributed by atoms with Crippen LogP contribution in [0.4, 0.5) is 0 Å². The van der Waals surface area contributed by atoms with Crippen LogP contribution in [0.5, 0.6) is 0 Å². The van der Waals surface area contributed by atoms with Crippen molar-refractivity contribution in [3.63, 3.8) is 0 Å². The Labute approximate surface area is 193 Å². The Kier molecular flexibility index (Phi) is 6.08. The van der Waals surface area contributed by atoms with E-state index in [4.69, 9.17) is 8.85 Å². The fourth-order valence-electron chi connectivity index (χ4n) is 8.09. The van der Waals surface area contributed by atoms with Crippen molar-refractivity contribution < 1.29 is 14.0 Å². The van der Waals surface area contributed by atoms with E-state index < -0.39 is 16.6 Å². The Balaban J connectivity index is 1.74. The summed E-state index contributed by atoms with van der Waals surface area (Å²) in [6.07, 6.45) is 10.1. The Bertz CT molecular complexity index is 723. The van der Waals surface area contributed by atoms with Crippen LogP contribution in [0.2, 0.25) is 39.3 Å². The van der Waals surface area contributed by atoms with Crippen molar-refractivity contribution in [1.82, 2.24) is 0 Å². The molecule has 1 N–H and O–H groups in total. The SMILES string of the molecule is C[C@H]1C2=C[C@H](O[Si](C)(C)C)[C@H]3[C@@H]4CC[C@H](O[Si](C)(C)C)[C@@]4(C)CC[C@@H]3[C@@]2(C)CC[C@@H]1O. The van der Waals surface area contributed by atoms with Gasteiger partial charge in [-0.2, -0.15) is 0 Å². The molecule has 0 unspecified atom stereocenters. The van der Waals surface area contributed by atoms with Gasteiger partial charge in [-0.25, -0.2) is 0 Å². The van der Waals surface area contributed by atoms with Crippen LogP contribution in [0, 0.1) is 34.5 Å². The minimum absolute atomic E-state index is 0.196. The molecule has 0 aromatic heterocycles. The lowest BCUT2D eigenvalue weighted by Gasteiger charge is -2.61. The smallest absolute Gasteiger partial charge is 0.184 e. The molecule has 9 atom stereocenters. The molecule has 0 spiro atoms. The summed E-state index contributed by atoms with van der Waals surface area (Å²) in [5.41, 5.74) is 2.01. The van der Waals surface area contributed by atoms with Gasteiger partial charge in [0.1, 0.15) is 0 Å². The van der Waals surface area contributed by atoms with E-state index in [0.29, 0.717) is 23.9 Å². The number of fused-ring (bicyclic) bond motifs is 5. The zero-order chi connectivity index (χ0) is 23.0. The number of rotatable bonds is 4. The molecule has 0 aromatic rings. The van der Waals surface area contributed by atoms with Crippen molar-refractivity contribution in [2.75, 3.05) is 0 Å². The van der Waals surface area contributed by atoms with Gasteiger partial charge in [-0.15, -0.1) is 0 Å². The first-order chi connectivity index (χ1) is 14.2. The van der Waals surface area contributed by atoms with Gasteiger partial charge in [0.25, 0.3) is 0 Å². The van der Waals surface area contributed by atoms with E-state index >= 15 is 0 Å². The maximum Gasteiger partial charge on any atom is 0.184 e. The van der Waals surface area contributed by atoms with Crippen LogP contribution in [0.1, 0.15) is 59.3 Å². The van der Waals surface area contributed by atoms with Crippen molar-refractivity contribution in [2.45, 2.75) is 117 Å². The van der Waals surface area contributed by atoms with E-state index in [1.807, 2.05) is 0 Å². The van der Waals surface area contributed by atoms with Crippen LogP contribution in [0.15, 0.2) is 11.6 Å². The second-order valence-electron chi connectivity index (χ2n) is 13.8. The van der Waals surface area contributed by atoms with E-state index in [-0.39, 0.29) is 29.0 Å². The van der Waals surface area contributed by atoms with E-state index in [9.17, 15) is 5.11 Å². The first-order valence-corrected chi connectivity index (χ1v) is 19.7. The molecule has 0 saturated heterocycles. The summed E-state index contributed by atoms with van der Waals surface area (Å²) in [5.74, 6) is 2.21. The molecule has 0 amide bonds. The Morgan fingerprint density at radius 2 is 1.52 bits per heavy atom. The van der Waals surface area contributed by atoms with Gasteiger partial charge in [0, 0.05) is 5.92 Å². The molecule has 3 saturated carbocycles. The van der Waals surface area contributed by atoms with Gasteiger partial charge in [-0.05, 0) is 106 Å². The predicted molar refractivity (Wildman–Crippen MR) is 134 cm³/mol. The van der Waals surface area contributed by atoms with Crippen LogP contribution >= 0.6 is 0 Å². The molecule has 0 aromatic carbocycles. The molecule has 178 valence electrons.